The van der Waals surface area contributed by atoms with E-state index in [1.54, 1.807) is 0 Å². The largest absolute Gasteiger partial charge is 0.302 e. The quantitative estimate of drug-likeness (QED) is 0.463. The van der Waals surface area contributed by atoms with Crippen LogP contribution in [0.25, 0.3) is 0 Å². The number of nitrogens with zero attached hydrogens (tertiary/aromatic N) is 1. The summed E-state index contributed by atoms with van der Waals surface area (Å²) in [7, 11) is 2.11. The number of Topliss-reactive ketones (excluding diaryl/α,β-unsaturated/α-hetero) is 1. The van der Waals surface area contributed by atoms with Crippen molar-refractivity contribution in [2.45, 2.75) is 18.9 Å². The van der Waals surface area contributed by atoms with Gasteiger partial charge in [0.1, 0.15) is 5.78 Å². The van der Waals surface area contributed by atoms with Gasteiger partial charge >= 0.3 is 0 Å². The molecule has 1 saturated heterocycles. The SMILES string of the molecule is CN1C[C@H]2C[C@@H]1CC2=O. The first-order chi connectivity index (χ1) is 4.27. The number of ketones is 1. The second kappa shape index (κ2) is 1.57. The Morgan fingerprint density at radius 3 is 2.78 bits per heavy atom. The van der Waals surface area contributed by atoms with Crippen LogP contribution < -0.4 is 0 Å². The first kappa shape index (κ1) is 5.42. The van der Waals surface area contributed by atoms with Crippen molar-refractivity contribution in [1.82, 2.24) is 4.90 Å². The standard InChI is InChI=1S/C7H11NO/c1-8-4-5-2-6(8)3-7(5)9/h5-6H,2-4H2,1H3/t5-,6-/m1/s1. The van der Waals surface area contributed by atoms with Crippen LogP contribution in [0, 0.1) is 5.92 Å². The summed E-state index contributed by atoms with van der Waals surface area (Å²) in [6, 6.07) is 0.600. The first-order valence-electron chi connectivity index (χ1n) is 3.50. The molecule has 9 heavy (non-hydrogen) atoms. The highest BCUT2D eigenvalue weighted by atomic mass is 16.1. The molecule has 2 aliphatic rings. The molecule has 0 radical (unpaired) electrons. The fraction of sp³-hybridized carbons (Fsp3) is 0.857. The van der Waals surface area contributed by atoms with Gasteiger partial charge in [0.05, 0.1) is 0 Å². The van der Waals surface area contributed by atoms with Gasteiger partial charge in [0, 0.05) is 24.9 Å². The number of carbonyl (C=O) groups is 1. The van der Waals surface area contributed by atoms with Gasteiger partial charge in [-0.1, -0.05) is 0 Å². The molecule has 2 bridgehead atoms. The minimum Gasteiger partial charge on any atom is -0.302 e. The zero-order valence-electron chi connectivity index (χ0n) is 5.63. The summed E-state index contributed by atoms with van der Waals surface area (Å²) in [6.45, 7) is 1.02. The van der Waals surface area contributed by atoms with Crippen LogP contribution in [-0.4, -0.2) is 30.3 Å². The molecule has 50 valence electrons. The molecule has 0 spiro atoms. The van der Waals surface area contributed by atoms with Gasteiger partial charge in [0.2, 0.25) is 0 Å². The molecule has 2 atom stereocenters. The number of rotatable bonds is 0. The van der Waals surface area contributed by atoms with Gasteiger partial charge in [-0.25, -0.2) is 0 Å². The van der Waals surface area contributed by atoms with Crippen LogP contribution in [0.3, 0.4) is 0 Å². The molecule has 2 fully saturated rings. The zero-order valence-corrected chi connectivity index (χ0v) is 5.63. The molecule has 0 unspecified atom stereocenters. The van der Waals surface area contributed by atoms with Crippen LogP contribution >= 0.6 is 0 Å². The normalized spacial score (nSPS) is 42.6. The van der Waals surface area contributed by atoms with Gasteiger partial charge < -0.3 is 4.90 Å². The molecule has 1 saturated carbocycles. The molecular formula is C7H11NO. The van der Waals surface area contributed by atoms with Crippen molar-refractivity contribution in [1.29, 1.82) is 0 Å². The topological polar surface area (TPSA) is 20.3 Å². The number of piperidine rings is 1. The van der Waals surface area contributed by atoms with Crippen LogP contribution in [-0.2, 0) is 4.79 Å². The molecule has 0 aromatic heterocycles. The molecule has 2 rings (SSSR count). The molecule has 0 aromatic carbocycles. The van der Waals surface area contributed by atoms with Crippen LogP contribution in [0.4, 0.5) is 0 Å². The average molecular weight is 125 g/mol. The summed E-state index contributed by atoms with van der Waals surface area (Å²) in [5.74, 6) is 0.901. The smallest absolute Gasteiger partial charge is 0.138 e. The summed E-state index contributed by atoms with van der Waals surface area (Å²) >= 11 is 0. The minimum absolute atomic E-state index is 0.403. The lowest BCUT2D eigenvalue weighted by Gasteiger charge is -2.20. The van der Waals surface area contributed by atoms with E-state index < -0.39 is 0 Å². The lowest BCUT2D eigenvalue weighted by molar-refractivity contribution is -0.122. The van der Waals surface area contributed by atoms with E-state index in [0.29, 0.717) is 17.7 Å². The van der Waals surface area contributed by atoms with E-state index in [4.69, 9.17) is 0 Å². The lowest BCUT2D eigenvalue weighted by Crippen LogP contribution is -2.31. The average Bonchev–Trinajstić information content (AvgIpc) is 2.24. The second-order valence-corrected chi connectivity index (χ2v) is 3.20. The maximum Gasteiger partial charge on any atom is 0.138 e. The van der Waals surface area contributed by atoms with Gasteiger partial charge in [-0.3, -0.25) is 4.79 Å². The summed E-state index contributed by atoms with van der Waals surface area (Å²) in [6.07, 6.45) is 1.95. The molecule has 0 N–H and O–H groups in total. The Bertz CT molecular complexity index is 153. The third-order valence-electron chi connectivity index (χ3n) is 2.58. The van der Waals surface area contributed by atoms with Crippen molar-refractivity contribution in [3.8, 4) is 0 Å². The summed E-state index contributed by atoms with van der Waals surface area (Å²) in [5, 5.41) is 0. The highest BCUT2D eigenvalue weighted by molar-refractivity contribution is 5.85. The van der Waals surface area contributed by atoms with Gasteiger partial charge in [-0.05, 0) is 13.5 Å². The summed E-state index contributed by atoms with van der Waals surface area (Å²) in [4.78, 5) is 13.3. The fourth-order valence-electron chi connectivity index (χ4n) is 1.95. The minimum atomic E-state index is 0.403. The Labute approximate surface area is 54.8 Å². The lowest BCUT2D eigenvalue weighted by atomic mass is 10.1. The Kier molecular flexibility index (Phi) is 0.943. The number of hydrogen-bond donors (Lipinski definition) is 0. The van der Waals surface area contributed by atoms with Crippen molar-refractivity contribution in [3.63, 3.8) is 0 Å². The van der Waals surface area contributed by atoms with Crippen molar-refractivity contribution in [2.24, 2.45) is 5.92 Å². The predicted octanol–water partition coefficient (Wildman–Crippen LogP) is 0.280. The van der Waals surface area contributed by atoms with Gasteiger partial charge in [0.15, 0.2) is 0 Å². The molecule has 2 nitrogen and oxygen atoms in total. The summed E-state index contributed by atoms with van der Waals surface area (Å²) < 4.78 is 0. The van der Waals surface area contributed by atoms with Crippen LogP contribution in [0.5, 0.6) is 0 Å². The highest BCUT2D eigenvalue weighted by Gasteiger charge is 2.41. The van der Waals surface area contributed by atoms with E-state index in [9.17, 15) is 4.79 Å². The maximum absolute atomic E-state index is 11.0. The molecular weight excluding hydrogens is 114 g/mol. The molecule has 1 aliphatic heterocycles. The molecule has 0 aromatic rings. The van der Waals surface area contributed by atoms with E-state index in [1.165, 1.54) is 0 Å². The highest BCUT2D eigenvalue weighted by Crippen LogP contribution is 2.33. The second-order valence-electron chi connectivity index (χ2n) is 3.20. The third-order valence-corrected chi connectivity index (χ3v) is 2.58. The van der Waals surface area contributed by atoms with E-state index in [2.05, 4.69) is 11.9 Å². The summed E-state index contributed by atoms with van der Waals surface area (Å²) in [5.41, 5.74) is 0. The van der Waals surface area contributed by atoms with Gasteiger partial charge in [-0.15, -0.1) is 0 Å². The van der Waals surface area contributed by atoms with E-state index in [1.807, 2.05) is 0 Å². The van der Waals surface area contributed by atoms with Crippen LogP contribution in [0.2, 0.25) is 0 Å². The maximum atomic E-state index is 11.0. The Morgan fingerprint density at radius 1 is 1.67 bits per heavy atom. The molecule has 1 aliphatic carbocycles. The van der Waals surface area contributed by atoms with Crippen LogP contribution in [0.1, 0.15) is 12.8 Å². The van der Waals surface area contributed by atoms with E-state index >= 15 is 0 Å². The third kappa shape index (κ3) is 0.628. The number of carbonyl (C=O) groups excluding carboxylic acids is 1. The number of likely N-dealkylation sites (tertiary alicyclic amines) is 1. The van der Waals surface area contributed by atoms with Crippen molar-refractivity contribution >= 4 is 5.78 Å². The molecule has 0 amide bonds. The van der Waals surface area contributed by atoms with Gasteiger partial charge in [0.25, 0.3) is 0 Å². The number of hydrogen-bond acceptors (Lipinski definition) is 2. The van der Waals surface area contributed by atoms with Crippen molar-refractivity contribution in [3.05, 3.63) is 0 Å². The van der Waals surface area contributed by atoms with Gasteiger partial charge in [-0.2, -0.15) is 0 Å². The predicted molar refractivity (Wildman–Crippen MR) is 34.1 cm³/mol. The Morgan fingerprint density at radius 2 is 2.44 bits per heavy atom. The zero-order chi connectivity index (χ0) is 6.43. The first-order valence-corrected chi connectivity index (χ1v) is 3.50. The fourth-order valence-corrected chi connectivity index (χ4v) is 1.95. The van der Waals surface area contributed by atoms with Crippen molar-refractivity contribution in [2.75, 3.05) is 13.6 Å². The van der Waals surface area contributed by atoms with Crippen LogP contribution in [0.15, 0.2) is 0 Å². The number of fused-ring (bicyclic) bond motifs is 2. The Hall–Kier alpha value is -0.370. The van der Waals surface area contributed by atoms with Crippen molar-refractivity contribution < 1.29 is 4.79 Å². The Balaban J connectivity index is 2.19. The monoisotopic (exact) mass is 125 g/mol. The van der Waals surface area contributed by atoms with E-state index in [0.717, 1.165) is 19.4 Å². The molecule has 2 heteroatoms. The van der Waals surface area contributed by atoms with E-state index in [-0.39, 0.29) is 0 Å². The molecule has 1 heterocycles.